The molecular formula is C26H25Cl2NO2. The molecular weight excluding hydrogens is 429 g/mol. The molecule has 160 valence electrons. The Morgan fingerprint density at radius 2 is 1.65 bits per heavy atom. The van der Waals surface area contributed by atoms with Crippen molar-refractivity contribution in [3.8, 4) is 0 Å². The molecule has 0 fully saturated rings. The predicted octanol–water partition coefficient (Wildman–Crippen LogP) is 7.03. The first-order valence-corrected chi connectivity index (χ1v) is 10.9. The highest BCUT2D eigenvalue weighted by atomic mass is 35.5. The van der Waals surface area contributed by atoms with E-state index in [0.29, 0.717) is 28.6 Å². The fourth-order valence-corrected chi connectivity index (χ4v) is 4.03. The van der Waals surface area contributed by atoms with E-state index in [9.17, 15) is 4.79 Å². The molecule has 3 rings (SSSR count). The Kier molecular flexibility index (Phi) is 7.78. The lowest BCUT2D eigenvalue weighted by atomic mass is 9.83. The van der Waals surface area contributed by atoms with Crippen LogP contribution in [-0.4, -0.2) is 12.6 Å². The highest BCUT2D eigenvalue weighted by Gasteiger charge is 2.47. The summed E-state index contributed by atoms with van der Waals surface area (Å²) in [5.41, 5.74) is 1.46. The summed E-state index contributed by atoms with van der Waals surface area (Å²) in [5, 5.41) is 0.806. The zero-order valence-electron chi connectivity index (χ0n) is 17.4. The van der Waals surface area contributed by atoms with Crippen LogP contribution in [0.5, 0.6) is 0 Å². The van der Waals surface area contributed by atoms with E-state index >= 15 is 0 Å². The molecule has 1 unspecified atom stereocenters. The summed E-state index contributed by atoms with van der Waals surface area (Å²) >= 11 is 12.6. The zero-order chi connectivity index (χ0) is 22.3. The van der Waals surface area contributed by atoms with Crippen molar-refractivity contribution in [3.05, 3.63) is 113 Å². The van der Waals surface area contributed by atoms with Crippen LogP contribution in [0, 0.1) is 0 Å². The van der Waals surface area contributed by atoms with Gasteiger partial charge in [-0.3, -0.25) is 0 Å². The van der Waals surface area contributed by atoms with Gasteiger partial charge < -0.3 is 9.64 Å². The highest BCUT2D eigenvalue weighted by Crippen LogP contribution is 2.41. The van der Waals surface area contributed by atoms with E-state index in [1.54, 1.807) is 25.1 Å². The fourth-order valence-electron chi connectivity index (χ4n) is 3.73. The number of hydrogen-bond donors (Lipinski definition) is 0. The Balaban J connectivity index is 2.28. The summed E-state index contributed by atoms with van der Waals surface area (Å²) < 4.78 is 5.62. The summed E-state index contributed by atoms with van der Waals surface area (Å²) in [7, 11) is 0. The molecule has 0 saturated heterocycles. The first-order chi connectivity index (χ1) is 15.0. The summed E-state index contributed by atoms with van der Waals surface area (Å²) in [4.78, 5) is 15.7. The Morgan fingerprint density at radius 1 is 1.00 bits per heavy atom. The van der Waals surface area contributed by atoms with E-state index in [2.05, 4.69) is 11.5 Å². The average Bonchev–Trinajstić information content (AvgIpc) is 2.79. The molecule has 3 aromatic carbocycles. The van der Waals surface area contributed by atoms with Crippen LogP contribution in [-0.2, 0) is 21.6 Å². The maximum atomic E-state index is 13.7. The van der Waals surface area contributed by atoms with Crippen LogP contribution in [0.3, 0.4) is 0 Å². The number of carbonyl (C=O) groups excluding carboxylic acids is 1. The van der Waals surface area contributed by atoms with Gasteiger partial charge in [0.05, 0.1) is 16.7 Å². The van der Waals surface area contributed by atoms with Gasteiger partial charge in [0.1, 0.15) is 0 Å². The van der Waals surface area contributed by atoms with Crippen molar-refractivity contribution in [2.24, 2.45) is 0 Å². The van der Waals surface area contributed by atoms with Gasteiger partial charge in [-0.25, -0.2) is 4.79 Å². The van der Waals surface area contributed by atoms with Gasteiger partial charge in [-0.05, 0) is 42.3 Å². The van der Waals surface area contributed by atoms with Gasteiger partial charge in [0.25, 0.3) is 0 Å². The SMILES string of the molecule is C=CCC(C(=O)OCC)(c1ccc(Cl)c(Cl)c1)N(Cc1ccccc1)c1ccccc1. The van der Waals surface area contributed by atoms with Crippen molar-refractivity contribution in [3.63, 3.8) is 0 Å². The lowest BCUT2D eigenvalue weighted by Crippen LogP contribution is -2.52. The Hall–Kier alpha value is -2.75. The molecule has 0 aliphatic carbocycles. The van der Waals surface area contributed by atoms with Crippen LogP contribution in [0.15, 0.2) is 91.5 Å². The summed E-state index contributed by atoms with van der Waals surface area (Å²) in [6.45, 7) is 6.49. The molecule has 3 aromatic rings. The quantitative estimate of drug-likeness (QED) is 0.257. The zero-order valence-corrected chi connectivity index (χ0v) is 18.9. The molecule has 31 heavy (non-hydrogen) atoms. The van der Waals surface area contributed by atoms with Crippen molar-refractivity contribution in [2.75, 3.05) is 11.5 Å². The normalized spacial score (nSPS) is 12.6. The van der Waals surface area contributed by atoms with Gasteiger partial charge in [0.2, 0.25) is 0 Å². The van der Waals surface area contributed by atoms with Crippen molar-refractivity contribution in [2.45, 2.75) is 25.4 Å². The van der Waals surface area contributed by atoms with Crippen molar-refractivity contribution in [1.82, 2.24) is 0 Å². The van der Waals surface area contributed by atoms with Crippen LogP contribution in [0.4, 0.5) is 5.69 Å². The molecule has 0 heterocycles. The number of hydrogen-bond acceptors (Lipinski definition) is 3. The van der Waals surface area contributed by atoms with Crippen LogP contribution < -0.4 is 4.90 Å². The van der Waals surface area contributed by atoms with Crippen molar-refractivity contribution in [1.29, 1.82) is 0 Å². The molecule has 0 aliphatic rings. The van der Waals surface area contributed by atoms with Crippen molar-refractivity contribution < 1.29 is 9.53 Å². The molecule has 0 amide bonds. The van der Waals surface area contributed by atoms with Crippen molar-refractivity contribution >= 4 is 34.9 Å². The smallest absolute Gasteiger partial charge is 0.337 e. The summed E-state index contributed by atoms with van der Waals surface area (Å²) in [6.07, 6.45) is 2.06. The topological polar surface area (TPSA) is 29.5 Å². The molecule has 0 aromatic heterocycles. The van der Waals surface area contributed by atoms with E-state index in [1.807, 2.05) is 66.7 Å². The van der Waals surface area contributed by atoms with E-state index in [4.69, 9.17) is 27.9 Å². The monoisotopic (exact) mass is 453 g/mol. The molecule has 3 nitrogen and oxygen atoms in total. The number of esters is 1. The molecule has 1 atom stereocenters. The third-order valence-electron chi connectivity index (χ3n) is 5.16. The van der Waals surface area contributed by atoms with E-state index in [1.165, 1.54) is 0 Å². The second-order valence-corrected chi connectivity index (χ2v) is 7.92. The molecule has 0 N–H and O–H groups in total. The number of carbonyl (C=O) groups is 1. The molecule has 0 bridgehead atoms. The molecule has 5 heteroatoms. The lowest BCUT2D eigenvalue weighted by molar-refractivity contribution is -0.150. The van der Waals surface area contributed by atoms with E-state index in [-0.39, 0.29) is 12.6 Å². The molecule has 0 aliphatic heterocycles. The van der Waals surface area contributed by atoms with Gasteiger partial charge in [-0.2, -0.15) is 0 Å². The number of benzene rings is 3. The maximum absolute atomic E-state index is 13.7. The minimum Gasteiger partial charge on any atom is -0.464 e. The van der Waals surface area contributed by atoms with Gasteiger partial charge in [-0.15, -0.1) is 6.58 Å². The third-order valence-corrected chi connectivity index (χ3v) is 5.90. The summed E-state index contributed by atoms with van der Waals surface area (Å²) in [6, 6.07) is 25.1. The van der Waals surface area contributed by atoms with Gasteiger partial charge in [-0.1, -0.05) is 83.9 Å². The number of rotatable bonds is 9. The predicted molar refractivity (Wildman–Crippen MR) is 129 cm³/mol. The van der Waals surface area contributed by atoms with E-state index in [0.717, 1.165) is 11.3 Å². The second-order valence-electron chi connectivity index (χ2n) is 7.11. The van der Waals surface area contributed by atoms with Gasteiger partial charge >= 0.3 is 5.97 Å². The largest absolute Gasteiger partial charge is 0.464 e. The third kappa shape index (κ3) is 4.95. The van der Waals surface area contributed by atoms with Crippen LogP contribution in [0.2, 0.25) is 10.0 Å². The fraction of sp³-hybridized carbons (Fsp3) is 0.192. The average molecular weight is 454 g/mol. The number of ether oxygens (including phenoxy) is 1. The van der Waals surface area contributed by atoms with Crippen LogP contribution >= 0.6 is 23.2 Å². The lowest BCUT2D eigenvalue weighted by Gasteiger charge is -2.43. The van der Waals surface area contributed by atoms with Gasteiger partial charge in [0.15, 0.2) is 5.54 Å². The van der Waals surface area contributed by atoms with E-state index < -0.39 is 5.54 Å². The first kappa shape index (κ1) is 22.9. The number of nitrogens with zero attached hydrogens (tertiary/aromatic N) is 1. The Bertz CT molecular complexity index is 1020. The minimum absolute atomic E-state index is 0.257. The molecule has 0 saturated carbocycles. The number of para-hydroxylation sites is 1. The first-order valence-electron chi connectivity index (χ1n) is 10.1. The standard InChI is InChI=1S/C26H25Cl2NO2/c1-3-17-26(25(30)31-4-2,21-15-16-23(27)24(28)18-21)29(22-13-9-6-10-14-22)19-20-11-7-5-8-12-20/h3,5-16,18H,1,4,17,19H2,2H3. The van der Waals surface area contributed by atoms with Gasteiger partial charge in [0, 0.05) is 18.7 Å². The molecule has 0 radical (unpaired) electrons. The summed E-state index contributed by atoms with van der Waals surface area (Å²) in [5.74, 6) is -0.368. The Morgan fingerprint density at radius 3 is 2.23 bits per heavy atom. The molecule has 0 spiro atoms. The Labute approximate surface area is 193 Å². The van der Waals surface area contributed by atoms with Crippen LogP contribution in [0.25, 0.3) is 0 Å². The highest BCUT2D eigenvalue weighted by molar-refractivity contribution is 6.42. The minimum atomic E-state index is -1.18. The van der Waals surface area contributed by atoms with Crippen LogP contribution in [0.1, 0.15) is 24.5 Å². The maximum Gasteiger partial charge on any atom is 0.337 e. The number of halogens is 2. The second kappa shape index (κ2) is 10.5. The number of anilines is 1.